The summed E-state index contributed by atoms with van der Waals surface area (Å²) >= 11 is 0. The number of nitrogens with one attached hydrogen (secondary N) is 1. The first-order valence-electron chi connectivity index (χ1n) is 9.89. The summed E-state index contributed by atoms with van der Waals surface area (Å²) in [6.45, 7) is 1.90. The Hall–Kier alpha value is -2.57. The third-order valence-electron chi connectivity index (χ3n) is 5.64. The predicted molar refractivity (Wildman–Crippen MR) is 100 cm³/mol. The smallest absolute Gasteiger partial charge is 0.331 e. The van der Waals surface area contributed by atoms with Crippen molar-refractivity contribution in [3.05, 3.63) is 23.5 Å². The number of nitrogens with zero attached hydrogens (tertiary/aromatic N) is 2. The molecule has 1 aromatic rings. The number of anilines is 1. The van der Waals surface area contributed by atoms with E-state index in [1.807, 2.05) is 6.07 Å². The number of furan rings is 1. The minimum absolute atomic E-state index is 0.0433. The molecule has 0 radical (unpaired) electrons. The van der Waals surface area contributed by atoms with Crippen molar-refractivity contribution in [3.8, 4) is 0 Å². The Morgan fingerprint density at radius 3 is 2.37 bits per heavy atom. The highest BCUT2D eigenvalue weighted by Crippen LogP contribution is 2.28. The van der Waals surface area contributed by atoms with E-state index in [2.05, 4.69) is 10.2 Å². The average molecular weight is 371 g/mol. The van der Waals surface area contributed by atoms with Crippen molar-refractivity contribution in [3.63, 3.8) is 0 Å². The zero-order valence-electron chi connectivity index (χ0n) is 15.4. The number of carbonyl (C=O) groups excluding carboxylic acids is 3. The van der Waals surface area contributed by atoms with Crippen LogP contribution in [0.5, 0.6) is 0 Å². The molecule has 0 spiro atoms. The van der Waals surface area contributed by atoms with Gasteiger partial charge in [-0.2, -0.15) is 0 Å². The second-order valence-corrected chi connectivity index (χ2v) is 7.51. The molecule has 1 N–H and O–H groups in total. The van der Waals surface area contributed by atoms with E-state index < -0.39 is 17.8 Å². The van der Waals surface area contributed by atoms with Gasteiger partial charge in [0.1, 0.15) is 11.3 Å². The van der Waals surface area contributed by atoms with Crippen LogP contribution < -0.4 is 10.2 Å². The molecule has 7 nitrogen and oxygen atoms in total. The van der Waals surface area contributed by atoms with E-state index >= 15 is 0 Å². The second-order valence-electron chi connectivity index (χ2n) is 7.51. The topological polar surface area (TPSA) is 82.9 Å². The van der Waals surface area contributed by atoms with Crippen LogP contribution in [0.25, 0.3) is 6.08 Å². The van der Waals surface area contributed by atoms with E-state index in [-0.39, 0.29) is 11.6 Å². The molecule has 2 saturated heterocycles. The van der Waals surface area contributed by atoms with Crippen LogP contribution in [0.15, 0.2) is 22.1 Å². The van der Waals surface area contributed by atoms with Crippen LogP contribution in [0.1, 0.15) is 57.1 Å². The van der Waals surface area contributed by atoms with Crippen molar-refractivity contribution in [1.29, 1.82) is 0 Å². The lowest BCUT2D eigenvalue weighted by molar-refractivity contribution is -0.131. The molecule has 3 heterocycles. The number of rotatable bonds is 3. The summed E-state index contributed by atoms with van der Waals surface area (Å²) in [4.78, 5) is 40.6. The average Bonchev–Trinajstić information content (AvgIpc) is 3.26. The van der Waals surface area contributed by atoms with E-state index in [9.17, 15) is 14.4 Å². The maximum Gasteiger partial charge on any atom is 0.331 e. The van der Waals surface area contributed by atoms with E-state index in [1.165, 1.54) is 23.8 Å². The van der Waals surface area contributed by atoms with Gasteiger partial charge in [0.05, 0.1) is 0 Å². The summed E-state index contributed by atoms with van der Waals surface area (Å²) in [6, 6.07) is 2.91. The molecule has 1 aliphatic carbocycles. The molecule has 0 unspecified atom stereocenters. The highest BCUT2D eigenvalue weighted by atomic mass is 16.4. The van der Waals surface area contributed by atoms with E-state index in [0.717, 1.165) is 57.5 Å². The number of barbiturate groups is 1. The van der Waals surface area contributed by atoms with Crippen molar-refractivity contribution in [2.45, 2.75) is 57.4 Å². The van der Waals surface area contributed by atoms with E-state index in [0.29, 0.717) is 5.76 Å². The molecule has 1 saturated carbocycles. The highest BCUT2D eigenvalue weighted by molar-refractivity contribution is 6.31. The molecule has 3 aliphatic rings. The molecule has 4 rings (SSSR count). The lowest BCUT2D eigenvalue weighted by Gasteiger charge is -2.31. The van der Waals surface area contributed by atoms with Gasteiger partial charge in [-0.25, -0.2) is 4.79 Å². The summed E-state index contributed by atoms with van der Waals surface area (Å²) in [6.07, 6.45) is 9.75. The molecule has 0 aromatic carbocycles. The monoisotopic (exact) mass is 371 g/mol. The quantitative estimate of drug-likeness (QED) is 0.652. The van der Waals surface area contributed by atoms with Crippen LogP contribution in [0.4, 0.5) is 10.7 Å². The fourth-order valence-corrected chi connectivity index (χ4v) is 4.19. The Morgan fingerprint density at radius 2 is 1.67 bits per heavy atom. The summed E-state index contributed by atoms with van der Waals surface area (Å²) in [5.74, 6) is 0.0277. The van der Waals surface area contributed by atoms with Crippen molar-refractivity contribution in [2.24, 2.45) is 0 Å². The molecule has 7 heteroatoms. The van der Waals surface area contributed by atoms with Gasteiger partial charge in [-0.3, -0.25) is 19.8 Å². The molecule has 2 aliphatic heterocycles. The first-order valence-corrected chi connectivity index (χ1v) is 9.89. The Labute approximate surface area is 158 Å². The molecule has 1 aromatic heterocycles. The summed E-state index contributed by atoms with van der Waals surface area (Å²) in [5, 5.41) is 2.29. The normalized spacial score (nSPS) is 23.9. The van der Waals surface area contributed by atoms with Crippen LogP contribution >= 0.6 is 0 Å². The van der Waals surface area contributed by atoms with Crippen molar-refractivity contribution < 1.29 is 18.8 Å². The molecule has 0 bridgehead atoms. The van der Waals surface area contributed by atoms with Gasteiger partial charge in [0.15, 0.2) is 5.88 Å². The van der Waals surface area contributed by atoms with Gasteiger partial charge in [-0.05, 0) is 37.8 Å². The zero-order chi connectivity index (χ0) is 18.8. The van der Waals surface area contributed by atoms with Gasteiger partial charge < -0.3 is 9.32 Å². The minimum atomic E-state index is -0.660. The van der Waals surface area contributed by atoms with Crippen molar-refractivity contribution >= 4 is 29.8 Å². The molecule has 0 atom stereocenters. The number of hydrogen-bond acceptors (Lipinski definition) is 5. The van der Waals surface area contributed by atoms with Crippen LogP contribution in [0, 0.1) is 0 Å². The van der Waals surface area contributed by atoms with Crippen LogP contribution in [-0.4, -0.2) is 41.9 Å². The first kappa shape index (κ1) is 17.8. The van der Waals surface area contributed by atoms with Crippen molar-refractivity contribution in [1.82, 2.24) is 10.2 Å². The fraction of sp³-hybridized carbons (Fsp3) is 0.550. The van der Waals surface area contributed by atoms with Gasteiger partial charge >= 0.3 is 6.03 Å². The Morgan fingerprint density at radius 1 is 0.963 bits per heavy atom. The molecule has 3 fully saturated rings. The van der Waals surface area contributed by atoms with Gasteiger partial charge in [-0.15, -0.1) is 0 Å². The van der Waals surface area contributed by atoms with Crippen LogP contribution in [0.2, 0.25) is 0 Å². The molecule has 27 heavy (non-hydrogen) atoms. The van der Waals surface area contributed by atoms with Crippen LogP contribution in [0.3, 0.4) is 0 Å². The molecular weight excluding hydrogens is 346 g/mol. The molecule has 4 amide bonds. The van der Waals surface area contributed by atoms with Gasteiger partial charge in [0, 0.05) is 25.2 Å². The molecular formula is C20H25N3O4. The fourth-order valence-electron chi connectivity index (χ4n) is 4.19. The van der Waals surface area contributed by atoms with Gasteiger partial charge in [-0.1, -0.05) is 25.7 Å². The Bertz CT molecular complexity index is 768. The largest absolute Gasteiger partial charge is 0.441 e. The Kier molecular flexibility index (Phi) is 5.01. The number of amides is 4. The lowest BCUT2D eigenvalue weighted by Crippen LogP contribution is -2.57. The summed E-state index contributed by atoms with van der Waals surface area (Å²) in [7, 11) is 0. The van der Waals surface area contributed by atoms with Gasteiger partial charge in [0.25, 0.3) is 11.8 Å². The SMILES string of the molecule is O=C1NC(=O)N(C2CCCC2)C(=O)/C1=C/c1ccc(N2CCCCCC2)o1. The Balaban J connectivity index is 1.55. The zero-order valence-corrected chi connectivity index (χ0v) is 15.4. The lowest BCUT2D eigenvalue weighted by atomic mass is 10.1. The van der Waals surface area contributed by atoms with Gasteiger partial charge in [0.2, 0.25) is 0 Å². The maximum atomic E-state index is 12.8. The van der Waals surface area contributed by atoms with Crippen molar-refractivity contribution in [2.75, 3.05) is 18.0 Å². The summed E-state index contributed by atoms with van der Waals surface area (Å²) in [5.41, 5.74) is -0.0433. The summed E-state index contributed by atoms with van der Waals surface area (Å²) < 4.78 is 5.88. The number of urea groups is 1. The second kappa shape index (κ2) is 7.58. The minimum Gasteiger partial charge on any atom is -0.441 e. The number of carbonyl (C=O) groups is 3. The standard InChI is InChI=1S/C20H25N3O4/c24-18-16(19(25)23(20(26)21-18)14-7-3-4-8-14)13-15-9-10-17(27-15)22-11-5-1-2-6-12-22/h9-10,13-14H,1-8,11-12H2,(H,21,24,26)/b16-13+. The third kappa shape index (κ3) is 3.63. The molecule has 144 valence electrons. The van der Waals surface area contributed by atoms with Crippen LogP contribution in [-0.2, 0) is 9.59 Å². The third-order valence-corrected chi connectivity index (χ3v) is 5.64. The predicted octanol–water partition coefficient (Wildman–Crippen LogP) is 3.06. The number of hydrogen-bond donors (Lipinski definition) is 1. The van der Waals surface area contributed by atoms with E-state index in [1.54, 1.807) is 6.07 Å². The highest BCUT2D eigenvalue weighted by Gasteiger charge is 2.40. The number of imide groups is 2. The maximum absolute atomic E-state index is 12.8. The van der Waals surface area contributed by atoms with E-state index in [4.69, 9.17) is 4.42 Å². The first-order chi connectivity index (χ1) is 13.1.